The molecule has 86 valence electrons. The summed E-state index contributed by atoms with van der Waals surface area (Å²) in [6.45, 7) is 2.76. The summed E-state index contributed by atoms with van der Waals surface area (Å²) in [6, 6.07) is 0. The smallest absolute Gasteiger partial charge is 0.208 e. The topological polar surface area (TPSA) is 64.1 Å². The van der Waals surface area contributed by atoms with Crippen LogP contribution in [-0.2, 0) is 4.74 Å². The van der Waals surface area contributed by atoms with Crippen LogP contribution in [0.3, 0.4) is 0 Å². The molecule has 2 heterocycles. The highest BCUT2D eigenvalue weighted by atomic mass is 16.5. The number of aromatic nitrogens is 2. The Morgan fingerprint density at radius 3 is 3.19 bits per heavy atom. The van der Waals surface area contributed by atoms with Gasteiger partial charge in [0, 0.05) is 18.9 Å². The number of ether oxygens (including phenoxy) is 1. The number of hydrogen-bond donors (Lipinski definition) is 1. The van der Waals surface area contributed by atoms with Gasteiger partial charge in [0.05, 0.1) is 12.8 Å². The lowest BCUT2D eigenvalue weighted by atomic mass is 10.1. The SMILES string of the molecule is O=C(COC[C@H]1CCNC1)c1cnccn1. The molecule has 1 aliphatic rings. The quantitative estimate of drug-likeness (QED) is 0.724. The normalized spacial score (nSPS) is 19.9. The molecule has 0 saturated carbocycles. The van der Waals surface area contributed by atoms with Gasteiger partial charge in [-0.05, 0) is 18.9 Å². The summed E-state index contributed by atoms with van der Waals surface area (Å²) in [7, 11) is 0. The summed E-state index contributed by atoms with van der Waals surface area (Å²) in [5.41, 5.74) is 0.368. The molecule has 0 unspecified atom stereocenters. The zero-order valence-corrected chi connectivity index (χ0v) is 9.06. The van der Waals surface area contributed by atoms with E-state index in [9.17, 15) is 4.79 Å². The van der Waals surface area contributed by atoms with Crippen LogP contribution in [0.4, 0.5) is 0 Å². The summed E-state index contributed by atoms with van der Waals surface area (Å²) in [4.78, 5) is 19.3. The molecule has 0 radical (unpaired) electrons. The lowest BCUT2D eigenvalue weighted by molar-refractivity contribution is 0.0687. The van der Waals surface area contributed by atoms with E-state index >= 15 is 0 Å². The van der Waals surface area contributed by atoms with Gasteiger partial charge in [0.2, 0.25) is 5.78 Å². The van der Waals surface area contributed by atoms with E-state index in [0.717, 1.165) is 19.5 Å². The van der Waals surface area contributed by atoms with Gasteiger partial charge in [-0.25, -0.2) is 4.98 Å². The first-order valence-electron chi connectivity index (χ1n) is 5.44. The second-order valence-electron chi connectivity index (χ2n) is 3.89. The third-order valence-electron chi connectivity index (χ3n) is 2.60. The van der Waals surface area contributed by atoms with Crippen molar-refractivity contribution < 1.29 is 9.53 Å². The standard InChI is InChI=1S/C11H15N3O2/c15-11(10-6-13-3-4-14-10)8-16-7-9-1-2-12-5-9/h3-4,6,9,12H,1-2,5,7-8H2/t9-/m0/s1. The number of hydrogen-bond acceptors (Lipinski definition) is 5. The molecule has 5 heteroatoms. The molecule has 1 aromatic heterocycles. The van der Waals surface area contributed by atoms with Crippen LogP contribution in [0.25, 0.3) is 0 Å². The summed E-state index contributed by atoms with van der Waals surface area (Å²) in [6.07, 6.45) is 5.64. The van der Waals surface area contributed by atoms with Gasteiger partial charge in [0.15, 0.2) is 0 Å². The van der Waals surface area contributed by atoms with Crippen molar-refractivity contribution in [2.45, 2.75) is 6.42 Å². The Kier molecular flexibility index (Phi) is 3.96. The Morgan fingerprint density at radius 2 is 2.50 bits per heavy atom. The molecule has 16 heavy (non-hydrogen) atoms. The highest BCUT2D eigenvalue weighted by Crippen LogP contribution is 2.07. The average molecular weight is 221 g/mol. The molecule has 0 spiro atoms. The van der Waals surface area contributed by atoms with E-state index in [1.54, 1.807) is 6.20 Å². The molecular weight excluding hydrogens is 206 g/mol. The maximum atomic E-state index is 11.6. The van der Waals surface area contributed by atoms with E-state index in [0.29, 0.717) is 18.2 Å². The monoisotopic (exact) mass is 221 g/mol. The number of carbonyl (C=O) groups excluding carboxylic acids is 1. The van der Waals surface area contributed by atoms with Crippen molar-refractivity contribution in [3.63, 3.8) is 0 Å². The van der Waals surface area contributed by atoms with E-state index in [2.05, 4.69) is 15.3 Å². The van der Waals surface area contributed by atoms with E-state index in [1.807, 2.05) is 0 Å². The Labute approximate surface area is 94.2 Å². The molecule has 0 bridgehead atoms. The van der Waals surface area contributed by atoms with Crippen molar-refractivity contribution in [3.8, 4) is 0 Å². The fourth-order valence-corrected chi connectivity index (χ4v) is 1.69. The first kappa shape index (κ1) is 11.2. The number of nitrogens with one attached hydrogen (secondary N) is 1. The molecule has 5 nitrogen and oxygen atoms in total. The Bertz CT molecular complexity index is 336. The number of rotatable bonds is 5. The van der Waals surface area contributed by atoms with Crippen LogP contribution < -0.4 is 5.32 Å². The highest BCUT2D eigenvalue weighted by molar-refractivity contribution is 5.94. The van der Waals surface area contributed by atoms with Gasteiger partial charge in [-0.2, -0.15) is 0 Å². The predicted molar refractivity (Wildman–Crippen MR) is 58.2 cm³/mol. The molecule has 1 fully saturated rings. The third-order valence-corrected chi connectivity index (χ3v) is 2.60. The first-order chi connectivity index (χ1) is 7.86. The maximum Gasteiger partial charge on any atom is 0.208 e. The maximum absolute atomic E-state index is 11.6. The van der Waals surface area contributed by atoms with Crippen molar-refractivity contribution in [2.24, 2.45) is 5.92 Å². The summed E-state index contributed by atoms with van der Waals surface area (Å²) < 4.78 is 5.38. The highest BCUT2D eigenvalue weighted by Gasteiger charge is 2.15. The lowest BCUT2D eigenvalue weighted by Gasteiger charge is -2.08. The predicted octanol–water partition coefficient (Wildman–Crippen LogP) is 0.285. The zero-order valence-electron chi connectivity index (χ0n) is 9.06. The Hall–Kier alpha value is -1.33. The van der Waals surface area contributed by atoms with Crippen molar-refractivity contribution in [3.05, 3.63) is 24.3 Å². The van der Waals surface area contributed by atoms with Crippen LogP contribution in [0.15, 0.2) is 18.6 Å². The second kappa shape index (κ2) is 5.67. The molecular formula is C11H15N3O2. The number of carbonyl (C=O) groups is 1. The van der Waals surface area contributed by atoms with Crippen LogP contribution in [0.2, 0.25) is 0 Å². The zero-order chi connectivity index (χ0) is 11.2. The minimum atomic E-state index is -0.112. The molecule has 2 rings (SSSR count). The summed E-state index contributed by atoms with van der Waals surface area (Å²) in [5, 5.41) is 3.25. The van der Waals surface area contributed by atoms with Crippen molar-refractivity contribution in [1.82, 2.24) is 15.3 Å². The Balaban J connectivity index is 1.71. The summed E-state index contributed by atoms with van der Waals surface area (Å²) in [5.74, 6) is 0.425. The van der Waals surface area contributed by atoms with Crippen LogP contribution in [-0.4, -0.2) is 42.1 Å². The Morgan fingerprint density at radius 1 is 1.56 bits per heavy atom. The van der Waals surface area contributed by atoms with Crippen LogP contribution in [0, 0.1) is 5.92 Å². The largest absolute Gasteiger partial charge is 0.373 e. The van der Waals surface area contributed by atoms with Crippen LogP contribution in [0.1, 0.15) is 16.9 Å². The molecule has 1 aliphatic heterocycles. The molecule has 1 N–H and O–H groups in total. The summed E-state index contributed by atoms with van der Waals surface area (Å²) >= 11 is 0. The fourth-order valence-electron chi connectivity index (χ4n) is 1.69. The number of Topliss-reactive ketones (excluding diaryl/α,β-unsaturated/α-hetero) is 1. The van der Waals surface area contributed by atoms with Gasteiger partial charge < -0.3 is 10.1 Å². The minimum Gasteiger partial charge on any atom is -0.373 e. The first-order valence-corrected chi connectivity index (χ1v) is 5.44. The van der Waals surface area contributed by atoms with Crippen molar-refractivity contribution >= 4 is 5.78 Å². The minimum absolute atomic E-state index is 0.0925. The van der Waals surface area contributed by atoms with E-state index in [-0.39, 0.29) is 12.4 Å². The van der Waals surface area contributed by atoms with Crippen LogP contribution >= 0.6 is 0 Å². The van der Waals surface area contributed by atoms with E-state index in [4.69, 9.17) is 4.74 Å². The molecule has 0 aromatic carbocycles. The van der Waals surface area contributed by atoms with Gasteiger partial charge >= 0.3 is 0 Å². The van der Waals surface area contributed by atoms with Gasteiger partial charge in [-0.3, -0.25) is 9.78 Å². The fraction of sp³-hybridized carbons (Fsp3) is 0.545. The van der Waals surface area contributed by atoms with Crippen molar-refractivity contribution in [2.75, 3.05) is 26.3 Å². The van der Waals surface area contributed by atoms with Crippen LogP contribution in [0.5, 0.6) is 0 Å². The van der Waals surface area contributed by atoms with Gasteiger partial charge in [0.25, 0.3) is 0 Å². The average Bonchev–Trinajstić information content (AvgIpc) is 2.83. The molecule has 1 saturated heterocycles. The van der Waals surface area contributed by atoms with Gasteiger partial charge in [0.1, 0.15) is 12.3 Å². The molecule has 1 aromatic rings. The van der Waals surface area contributed by atoms with Crippen molar-refractivity contribution in [1.29, 1.82) is 0 Å². The van der Waals surface area contributed by atoms with E-state index < -0.39 is 0 Å². The third kappa shape index (κ3) is 3.08. The number of nitrogens with zero attached hydrogens (tertiary/aromatic N) is 2. The number of ketones is 1. The second-order valence-corrected chi connectivity index (χ2v) is 3.89. The van der Waals surface area contributed by atoms with Gasteiger partial charge in [-0.1, -0.05) is 0 Å². The van der Waals surface area contributed by atoms with Gasteiger partial charge in [-0.15, -0.1) is 0 Å². The molecule has 0 aliphatic carbocycles. The molecule has 0 amide bonds. The lowest BCUT2D eigenvalue weighted by Crippen LogP contribution is -2.17. The van der Waals surface area contributed by atoms with E-state index in [1.165, 1.54) is 12.4 Å². The molecule has 1 atom stereocenters.